The molecule has 0 fully saturated rings. The van der Waals surface area contributed by atoms with Crippen molar-refractivity contribution in [3.63, 3.8) is 0 Å². The van der Waals surface area contributed by atoms with Crippen molar-refractivity contribution < 1.29 is 10.2 Å². The molecule has 1 atom stereocenters. The molecule has 64 valence electrons. The van der Waals surface area contributed by atoms with E-state index < -0.39 is 6.10 Å². The van der Waals surface area contributed by atoms with E-state index in [1.807, 2.05) is 30.3 Å². The first-order valence-corrected chi connectivity index (χ1v) is 3.68. The third-order valence-electron chi connectivity index (χ3n) is 1.59. The van der Waals surface area contributed by atoms with Gasteiger partial charge in [0.15, 0.2) is 0 Å². The Labute approximate surface area is 164 Å². The van der Waals surface area contributed by atoms with Crippen LogP contribution in [0, 0.1) is 0 Å². The molecule has 13 heavy (non-hydrogen) atoms. The summed E-state index contributed by atoms with van der Waals surface area (Å²) < 4.78 is 0. The van der Waals surface area contributed by atoms with Gasteiger partial charge in [0.2, 0.25) is 0 Å². The van der Waals surface area contributed by atoms with Crippen LogP contribution in [-0.4, -0.2) is 120 Å². The molecule has 0 spiro atoms. The molecule has 0 amide bonds. The Morgan fingerprint density at radius 2 is 1.62 bits per heavy atom. The Morgan fingerprint density at radius 3 is 2.08 bits per heavy atom. The molecule has 1 aromatic carbocycles. The summed E-state index contributed by atoms with van der Waals surface area (Å²) in [4.78, 5) is 0. The van der Waals surface area contributed by atoms with E-state index in [1.165, 1.54) is 0 Å². The van der Waals surface area contributed by atoms with Crippen LogP contribution in [0.25, 0.3) is 0 Å². The van der Waals surface area contributed by atoms with Gasteiger partial charge in [-0.25, -0.2) is 0 Å². The fourth-order valence-electron chi connectivity index (χ4n) is 0.964. The van der Waals surface area contributed by atoms with E-state index in [0.29, 0.717) is 6.42 Å². The average molecular weight is 232 g/mol. The fourth-order valence-corrected chi connectivity index (χ4v) is 0.964. The molecule has 0 aromatic heterocycles. The minimum atomic E-state index is -0.527. The topological polar surface area (TPSA) is 40.5 Å². The number of aliphatic hydroxyl groups excluding tert-OH is 2. The van der Waals surface area contributed by atoms with Gasteiger partial charge in [-0.3, -0.25) is 0 Å². The standard InChI is InChI=1S/C9H12O2.2K.2H/c10-7-6-9(11)8-4-2-1-3-5-8;;;;/h1-5,9-11H,6-7H2;;;;. The molecular formula is C9H14K2O2. The molecule has 0 bridgehead atoms. The third-order valence-corrected chi connectivity index (χ3v) is 1.59. The van der Waals surface area contributed by atoms with E-state index in [9.17, 15) is 5.11 Å². The molecule has 1 unspecified atom stereocenters. The zero-order valence-electron chi connectivity index (χ0n) is 6.27. The second-order valence-corrected chi connectivity index (χ2v) is 2.44. The van der Waals surface area contributed by atoms with Gasteiger partial charge in [-0.05, 0) is 5.56 Å². The van der Waals surface area contributed by atoms with Crippen LogP contribution in [0.5, 0.6) is 0 Å². The summed E-state index contributed by atoms with van der Waals surface area (Å²) in [6.45, 7) is 0.0239. The van der Waals surface area contributed by atoms with Crippen LogP contribution in [0.3, 0.4) is 0 Å². The number of hydrogen-bond acceptors (Lipinski definition) is 2. The van der Waals surface area contributed by atoms with E-state index in [-0.39, 0.29) is 109 Å². The predicted molar refractivity (Wildman–Crippen MR) is 57.4 cm³/mol. The van der Waals surface area contributed by atoms with Crippen LogP contribution in [0.1, 0.15) is 18.1 Å². The second kappa shape index (κ2) is 10.9. The molecule has 0 heterocycles. The number of rotatable bonds is 3. The summed E-state index contributed by atoms with van der Waals surface area (Å²) in [6, 6.07) is 9.33. The zero-order valence-corrected chi connectivity index (χ0v) is 6.27. The van der Waals surface area contributed by atoms with Gasteiger partial charge in [0.1, 0.15) is 0 Å². The van der Waals surface area contributed by atoms with E-state index in [4.69, 9.17) is 5.11 Å². The molecular weight excluding hydrogens is 218 g/mol. The first-order valence-electron chi connectivity index (χ1n) is 3.68. The van der Waals surface area contributed by atoms with Gasteiger partial charge in [0.05, 0.1) is 6.10 Å². The minimum absolute atomic E-state index is 0. The Balaban J connectivity index is 0. The SMILES string of the molecule is OCCC(O)c1ccccc1.[KH].[KH]. The van der Waals surface area contributed by atoms with Crippen LogP contribution < -0.4 is 0 Å². The normalized spacial score (nSPS) is 10.9. The van der Waals surface area contributed by atoms with E-state index in [0.717, 1.165) is 5.56 Å². The van der Waals surface area contributed by atoms with Gasteiger partial charge < -0.3 is 10.2 Å². The van der Waals surface area contributed by atoms with Crippen LogP contribution in [0.4, 0.5) is 0 Å². The molecule has 4 heteroatoms. The van der Waals surface area contributed by atoms with Crippen molar-refractivity contribution in [1.29, 1.82) is 0 Å². The molecule has 0 saturated heterocycles. The molecule has 2 nitrogen and oxygen atoms in total. The average Bonchev–Trinajstić information content (AvgIpc) is 2.07. The summed E-state index contributed by atoms with van der Waals surface area (Å²) >= 11 is 0. The van der Waals surface area contributed by atoms with Crippen molar-refractivity contribution in [3.05, 3.63) is 35.9 Å². The quantitative estimate of drug-likeness (QED) is 0.709. The first-order chi connectivity index (χ1) is 5.34. The van der Waals surface area contributed by atoms with Crippen molar-refractivity contribution in [2.45, 2.75) is 12.5 Å². The zero-order chi connectivity index (χ0) is 8.10. The van der Waals surface area contributed by atoms with Gasteiger partial charge in [-0.15, -0.1) is 0 Å². The van der Waals surface area contributed by atoms with Crippen molar-refractivity contribution >= 4 is 103 Å². The fraction of sp³-hybridized carbons (Fsp3) is 0.333. The van der Waals surface area contributed by atoms with Crippen LogP contribution >= 0.6 is 0 Å². The number of aliphatic hydroxyl groups is 2. The molecule has 0 aliphatic rings. The summed E-state index contributed by atoms with van der Waals surface area (Å²) in [7, 11) is 0. The molecule has 0 aliphatic heterocycles. The summed E-state index contributed by atoms with van der Waals surface area (Å²) in [5.41, 5.74) is 0.863. The summed E-state index contributed by atoms with van der Waals surface area (Å²) in [5.74, 6) is 0. The second-order valence-electron chi connectivity index (χ2n) is 2.44. The molecule has 0 saturated carbocycles. The summed E-state index contributed by atoms with van der Waals surface area (Å²) in [6.07, 6.45) is -0.120. The Bertz CT molecular complexity index is 204. The van der Waals surface area contributed by atoms with Gasteiger partial charge in [0, 0.05) is 13.0 Å². The molecule has 1 aromatic rings. The Morgan fingerprint density at radius 1 is 1.08 bits per heavy atom. The van der Waals surface area contributed by atoms with E-state index >= 15 is 0 Å². The van der Waals surface area contributed by atoms with Crippen molar-refractivity contribution in [2.24, 2.45) is 0 Å². The van der Waals surface area contributed by atoms with Crippen LogP contribution in [-0.2, 0) is 0 Å². The maximum absolute atomic E-state index is 9.36. The molecule has 2 N–H and O–H groups in total. The molecule has 1 rings (SSSR count). The third kappa shape index (κ3) is 7.32. The van der Waals surface area contributed by atoms with Crippen LogP contribution in [0.2, 0.25) is 0 Å². The van der Waals surface area contributed by atoms with Crippen molar-refractivity contribution in [2.75, 3.05) is 6.61 Å². The first kappa shape index (κ1) is 17.8. The summed E-state index contributed by atoms with van der Waals surface area (Å²) in [5, 5.41) is 17.9. The van der Waals surface area contributed by atoms with Crippen molar-refractivity contribution in [3.8, 4) is 0 Å². The monoisotopic (exact) mass is 232 g/mol. The Kier molecular flexibility index (Phi) is 14.9. The van der Waals surface area contributed by atoms with Crippen molar-refractivity contribution in [1.82, 2.24) is 0 Å². The van der Waals surface area contributed by atoms with Crippen LogP contribution in [0.15, 0.2) is 30.3 Å². The van der Waals surface area contributed by atoms with Gasteiger partial charge in [0.25, 0.3) is 0 Å². The molecule has 0 radical (unpaired) electrons. The van der Waals surface area contributed by atoms with Gasteiger partial charge in [-0.2, -0.15) is 0 Å². The van der Waals surface area contributed by atoms with Gasteiger partial charge >= 0.3 is 103 Å². The Hall–Kier alpha value is 2.41. The maximum atomic E-state index is 9.36. The number of benzene rings is 1. The number of hydrogen-bond donors (Lipinski definition) is 2. The van der Waals surface area contributed by atoms with E-state index in [2.05, 4.69) is 0 Å². The predicted octanol–water partition coefficient (Wildman–Crippen LogP) is -0.195. The van der Waals surface area contributed by atoms with E-state index in [1.54, 1.807) is 0 Å². The van der Waals surface area contributed by atoms with Gasteiger partial charge in [-0.1, -0.05) is 30.3 Å². The molecule has 0 aliphatic carbocycles.